The Hall–Kier alpha value is -2.34. The molecule has 0 amide bonds. The van der Waals surface area contributed by atoms with E-state index in [9.17, 15) is 13.2 Å². The Labute approximate surface area is 148 Å². The lowest BCUT2D eigenvalue weighted by Crippen LogP contribution is -2.26. The van der Waals surface area contributed by atoms with Crippen LogP contribution in [0.4, 0.5) is 5.69 Å². The van der Waals surface area contributed by atoms with Crippen LogP contribution in [0.25, 0.3) is 0 Å². The van der Waals surface area contributed by atoms with Gasteiger partial charge in [-0.3, -0.25) is 9.52 Å². The third-order valence-corrected chi connectivity index (χ3v) is 6.37. The lowest BCUT2D eigenvalue weighted by Gasteiger charge is -2.16. The molecule has 0 aromatic heterocycles. The fourth-order valence-electron chi connectivity index (χ4n) is 3.10. The van der Waals surface area contributed by atoms with E-state index >= 15 is 0 Å². The van der Waals surface area contributed by atoms with Gasteiger partial charge in [0.2, 0.25) is 10.0 Å². The maximum atomic E-state index is 12.8. The molecular formula is C19H21NO4S. The second-order valence-corrected chi connectivity index (χ2v) is 8.12. The Balaban J connectivity index is 1.88. The number of anilines is 1. The maximum absolute atomic E-state index is 12.8. The number of ketones is 1. The van der Waals surface area contributed by atoms with Crippen molar-refractivity contribution in [2.45, 2.75) is 30.9 Å². The number of ether oxygens (including phenoxy) is 1. The molecule has 5 nitrogen and oxygen atoms in total. The molecule has 1 saturated carbocycles. The van der Waals surface area contributed by atoms with Crippen LogP contribution < -0.4 is 9.46 Å². The highest BCUT2D eigenvalue weighted by Gasteiger charge is 2.29. The third-order valence-electron chi connectivity index (χ3n) is 4.52. The molecule has 0 spiro atoms. The molecule has 0 bridgehead atoms. The summed E-state index contributed by atoms with van der Waals surface area (Å²) in [6.45, 7) is 0. The van der Waals surface area contributed by atoms with Crippen LogP contribution in [0.1, 0.15) is 41.6 Å². The van der Waals surface area contributed by atoms with Gasteiger partial charge in [0.15, 0.2) is 5.78 Å². The van der Waals surface area contributed by atoms with Crippen molar-refractivity contribution >= 4 is 21.5 Å². The fourth-order valence-corrected chi connectivity index (χ4v) is 4.71. The van der Waals surface area contributed by atoms with Crippen LogP contribution in [-0.4, -0.2) is 26.6 Å². The number of carbonyl (C=O) groups is 1. The fraction of sp³-hybridized carbons (Fsp3) is 0.316. The molecule has 132 valence electrons. The van der Waals surface area contributed by atoms with Gasteiger partial charge in [0, 0.05) is 11.1 Å². The van der Waals surface area contributed by atoms with Gasteiger partial charge in [-0.25, -0.2) is 8.42 Å². The molecule has 0 unspecified atom stereocenters. The van der Waals surface area contributed by atoms with E-state index in [1.807, 2.05) is 0 Å². The predicted octanol–water partition coefficient (Wildman–Crippen LogP) is 3.61. The first-order valence-electron chi connectivity index (χ1n) is 8.30. The first kappa shape index (κ1) is 17.5. The van der Waals surface area contributed by atoms with Crippen molar-refractivity contribution in [3.05, 3.63) is 59.7 Å². The molecule has 1 N–H and O–H groups in total. The average molecular weight is 359 g/mol. The number of sulfonamides is 1. The van der Waals surface area contributed by atoms with Crippen LogP contribution in [0.5, 0.6) is 5.75 Å². The summed E-state index contributed by atoms with van der Waals surface area (Å²) in [5, 5.41) is -0.378. The minimum absolute atomic E-state index is 0.229. The first-order valence-corrected chi connectivity index (χ1v) is 9.85. The smallest absolute Gasteiger partial charge is 0.235 e. The number of benzene rings is 2. The van der Waals surface area contributed by atoms with E-state index < -0.39 is 10.0 Å². The molecule has 1 fully saturated rings. The van der Waals surface area contributed by atoms with Crippen LogP contribution in [0, 0.1) is 0 Å². The van der Waals surface area contributed by atoms with E-state index in [0.717, 1.165) is 12.8 Å². The Morgan fingerprint density at radius 2 is 1.68 bits per heavy atom. The summed E-state index contributed by atoms with van der Waals surface area (Å²) in [5.74, 6) is 0.430. The number of methoxy groups -OCH3 is 1. The Kier molecular flexibility index (Phi) is 5.08. The Bertz CT molecular complexity index is 853. The average Bonchev–Trinajstić information content (AvgIpc) is 3.17. The van der Waals surface area contributed by atoms with Gasteiger partial charge in [-0.05, 0) is 49.2 Å². The van der Waals surface area contributed by atoms with Crippen molar-refractivity contribution in [2.24, 2.45) is 0 Å². The summed E-state index contributed by atoms with van der Waals surface area (Å²) in [6, 6.07) is 13.5. The second-order valence-electron chi connectivity index (χ2n) is 6.16. The van der Waals surface area contributed by atoms with E-state index in [0.29, 0.717) is 35.4 Å². The van der Waals surface area contributed by atoms with Crippen LogP contribution in [0.3, 0.4) is 0 Å². The van der Waals surface area contributed by atoms with Gasteiger partial charge < -0.3 is 4.74 Å². The third kappa shape index (κ3) is 3.85. The zero-order chi connectivity index (χ0) is 17.9. The van der Waals surface area contributed by atoms with Gasteiger partial charge in [0.25, 0.3) is 0 Å². The maximum Gasteiger partial charge on any atom is 0.235 e. The summed E-state index contributed by atoms with van der Waals surface area (Å²) in [4.78, 5) is 12.8. The van der Waals surface area contributed by atoms with Gasteiger partial charge in [-0.2, -0.15) is 0 Å². The molecule has 0 atom stereocenters. The summed E-state index contributed by atoms with van der Waals surface area (Å²) in [7, 11) is -1.92. The van der Waals surface area contributed by atoms with Gasteiger partial charge in [0.05, 0.1) is 18.0 Å². The minimum atomic E-state index is -3.48. The number of nitrogens with one attached hydrogen (secondary N) is 1. The molecule has 0 radical (unpaired) electrons. The SMILES string of the molecule is COc1ccc(C(=O)c2ccccc2NS(=O)(=O)C2CCCC2)cc1. The number of carbonyl (C=O) groups excluding carboxylic acids is 1. The summed E-state index contributed by atoms with van der Waals surface area (Å²) < 4.78 is 32.8. The monoisotopic (exact) mass is 359 g/mol. The van der Waals surface area contributed by atoms with Gasteiger partial charge in [-0.15, -0.1) is 0 Å². The van der Waals surface area contributed by atoms with E-state index in [1.165, 1.54) is 0 Å². The van der Waals surface area contributed by atoms with Crippen LogP contribution >= 0.6 is 0 Å². The number of para-hydroxylation sites is 1. The van der Waals surface area contributed by atoms with Crippen LogP contribution in [-0.2, 0) is 10.0 Å². The molecule has 1 aliphatic rings. The number of hydrogen-bond donors (Lipinski definition) is 1. The highest BCUT2D eigenvalue weighted by atomic mass is 32.2. The van der Waals surface area contributed by atoms with E-state index in [-0.39, 0.29) is 11.0 Å². The minimum Gasteiger partial charge on any atom is -0.497 e. The van der Waals surface area contributed by atoms with Crippen LogP contribution in [0.2, 0.25) is 0 Å². The normalized spacial score (nSPS) is 15.1. The van der Waals surface area contributed by atoms with Gasteiger partial charge in [-0.1, -0.05) is 25.0 Å². The molecule has 0 saturated heterocycles. The predicted molar refractivity (Wildman–Crippen MR) is 97.7 cm³/mol. The number of hydrogen-bond acceptors (Lipinski definition) is 4. The molecule has 2 aromatic carbocycles. The molecular weight excluding hydrogens is 338 g/mol. The quantitative estimate of drug-likeness (QED) is 0.800. The van der Waals surface area contributed by atoms with Gasteiger partial charge in [0.1, 0.15) is 5.75 Å². The molecule has 6 heteroatoms. The van der Waals surface area contributed by atoms with E-state index in [2.05, 4.69) is 4.72 Å². The lowest BCUT2D eigenvalue weighted by atomic mass is 10.0. The van der Waals surface area contributed by atoms with Gasteiger partial charge >= 0.3 is 0 Å². The molecule has 3 rings (SSSR count). The topological polar surface area (TPSA) is 72.5 Å². The number of rotatable bonds is 6. The summed E-state index contributed by atoms with van der Waals surface area (Å²) in [6.07, 6.45) is 3.20. The summed E-state index contributed by atoms with van der Waals surface area (Å²) >= 11 is 0. The van der Waals surface area contributed by atoms with Crippen molar-refractivity contribution in [1.29, 1.82) is 0 Å². The largest absolute Gasteiger partial charge is 0.497 e. The Morgan fingerprint density at radius 3 is 2.32 bits per heavy atom. The standard InChI is InChI=1S/C19H21NO4S/c1-24-15-12-10-14(11-13-15)19(21)17-8-4-5-9-18(17)20-25(22,23)16-6-2-3-7-16/h4-5,8-13,16,20H,2-3,6-7H2,1H3. The molecule has 0 heterocycles. The zero-order valence-electron chi connectivity index (χ0n) is 14.1. The van der Waals surface area contributed by atoms with E-state index in [1.54, 1.807) is 55.6 Å². The highest BCUT2D eigenvalue weighted by Crippen LogP contribution is 2.28. The first-order chi connectivity index (χ1) is 12.0. The highest BCUT2D eigenvalue weighted by molar-refractivity contribution is 7.93. The summed E-state index contributed by atoms with van der Waals surface area (Å²) in [5.41, 5.74) is 1.15. The molecule has 1 aliphatic carbocycles. The lowest BCUT2D eigenvalue weighted by molar-refractivity contribution is 0.103. The van der Waals surface area contributed by atoms with Crippen LogP contribution in [0.15, 0.2) is 48.5 Å². The zero-order valence-corrected chi connectivity index (χ0v) is 14.9. The molecule has 0 aliphatic heterocycles. The molecule has 25 heavy (non-hydrogen) atoms. The second kappa shape index (κ2) is 7.27. The molecule has 2 aromatic rings. The van der Waals surface area contributed by atoms with Crippen molar-refractivity contribution < 1.29 is 17.9 Å². The van der Waals surface area contributed by atoms with Crippen molar-refractivity contribution in [1.82, 2.24) is 0 Å². The van der Waals surface area contributed by atoms with Crippen molar-refractivity contribution in [2.75, 3.05) is 11.8 Å². The Morgan fingerprint density at radius 1 is 1.04 bits per heavy atom. The van der Waals surface area contributed by atoms with Crippen molar-refractivity contribution in [3.63, 3.8) is 0 Å². The van der Waals surface area contributed by atoms with E-state index in [4.69, 9.17) is 4.74 Å². The van der Waals surface area contributed by atoms with Crippen molar-refractivity contribution in [3.8, 4) is 5.75 Å².